The van der Waals surface area contributed by atoms with Gasteiger partial charge < -0.3 is 9.47 Å². The number of hydrogen-bond acceptors (Lipinski definition) is 4. The molecule has 1 saturated carbocycles. The smallest absolute Gasteiger partial charge is 0.416 e. The molecule has 33 heavy (non-hydrogen) atoms. The quantitative estimate of drug-likeness (QED) is 0.373. The van der Waals surface area contributed by atoms with Crippen molar-refractivity contribution in [2.45, 2.75) is 64.3 Å². The van der Waals surface area contributed by atoms with Crippen molar-refractivity contribution in [1.29, 1.82) is 0 Å². The first-order chi connectivity index (χ1) is 15.8. The molecule has 0 aliphatic heterocycles. The Kier molecular flexibility index (Phi) is 6.91. The minimum atomic E-state index is -4.38. The number of carbonyl (C=O) groups excluding carboxylic acids is 1. The van der Waals surface area contributed by atoms with E-state index in [1.54, 1.807) is 42.1 Å². The fourth-order valence-electron chi connectivity index (χ4n) is 4.46. The van der Waals surface area contributed by atoms with E-state index in [0.29, 0.717) is 30.0 Å². The highest BCUT2D eigenvalue weighted by Gasteiger charge is 2.36. The first kappa shape index (κ1) is 23.1. The second-order valence-corrected chi connectivity index (χ2v) is 8.33. The van der Waals surface area contributed by atoms with Crippen LogP contribution in [0.1, 0.15) is 61.6 Å². The van der Waals surface area contributed by atoms with Crippen LogP contribution in [0.3, 0.4) is 0 Å². The second kappa shape index (κ2) is 9.85. The molecule has 0 bridgehead atoms. The van der Waals surface area contributed by atoms with Gasteiger partial charge in [0, 0.05) is 5.39 Å². The van der Waals surface area contributed by atoms with Crippen LogP contribution in [-0.4, -0.2) is 22.4 Å². The predicted molar refractivity (Wildman–Crippen MR) is 118 cm³/mol. The summed E-state index contributed by atoms with van der Waals surface area (Å²) in [6.45, 7) is 2.54. The van der Waals surface area contributed by atoms with Crippen LogP contribution in [0.4, 0.5) is 13.2 Å². The van der Waals surface area contributed by atoms with Gasteiger partial charge in [0.05, 0.1) is 36.8 Å². The van der Waals surface area contributed by atoms with E-state index < -0.39 is 11.7 Å². The lowest BCUT2D eigenvalue weighted by molar-refractivity contribution is -0.143. The van der Waals surface area contributed by atoms with E-state index >= 15 is 0 Å². The minimum absolute atomic E-state index is 0.0145. The van der Waals surface area contributed by atoms with Crippen LogP contribution in [0.15, 0.2) is 42.6 Å². The van der Waals surface area contributed by atoms with Crippen LogP contribution in [0.5, 0.6) is 5.75 Å². The number of aryl methyl sites for hydroxylation is 1. The Morgan fingerprint density at radius 1 is 1.15 bits per heavy atom. The number of esters is 1. The molecular weight excluding hydrogens is 433 g/mol. The molecule has 0 spiro atoms. The lowest BCUT2D eigenvalue weighted by atomic mass is 9.91. The summed E-state index contributed by atoms with van der Waals surface area (Å²) >= 11 is 0. The first-order valence-electron chi connectivity index (χ1n) is 11.3. The van der Waals surface area contributed by atoms with Gasteiger partial charge in [-0.15, -0.1) is 0 Å². The summed E-state index contributed by atoms with van der Waals surface area (Å²) in [5, 5.41) is 5.12. The van der Waals surface area contributed by atoms with Gasteiger partial charge in [0.25, 0.3) is 0 Å². The maximum Gasteiger partial charge on any atom is 0.416 e. The maximum absolute atomic E-state index is 13.7. The molecule has 5 nitrogen and oxygen atoms in total. The van der Waals surface area contributed by atoms with Gasteiger partial charge >= 0.3 is 12.1 Å². The monoisotopic (exact) mass is 460 g/mol. The Bertz CT molecular complexity index is 1120. The van der Waals surface area contributed by atoms with Crippen molar-refractivity contribution in [2.75, 3.05) is 6.61 Å². The molecule has 0 N–H and O–H groups in total. The van der Waals surface area contributed by atoms with Crippen LogP contribution >= 0.6 is 0 Å². The summed E-state index contributed by atoms with van der Waals surface area (Å²) in [6.07, 6.45) is 1.10. The molecular formula is C25H27F3N2O3. The number of aromatic nitrogens is 2. The molecule has 0 amide bonds. The van der Waals surface area contributed by atoms with Crippen LogP contribution < -0.4 is 4.74 Å². The Morgan fingerprint density at radius 2 is 1.94 bits per heavy atom. The molecule has 3 aromatic rings. The minimum Gasteiger partial charge on any atom is -0.489 e. The van der Waals surface area contributed by atoms with Crippen LogP contribution in [0.25, 0.3) is 10.9 Å². The third-order valence-electron chi connectivity index (χ3n) is 6.07. The molecule has 4 rings (SSSR count). The molecule has 8 heteroatoms. The zero-order valence-corrected chi connectivity index (χ0v) is 18.5. The van der Waals surface area contributed by atoms with Gasteiger partial charge in [-0.25, -0.2) is 0 Å². The van der Waals surface area contributed by atoms with Gasteiger partial charge in [-0.3, -0.25) is 9.48 Å². The summed E-state index contributed by atoms with van der Waals surface area (Å²) in [6, 6.07) is 9.94. The summed E-state index contributed by atoms with van der Waals surface area (Å²) in [5.74, 6) is 0.249. The van der Waals surface area contributed by atoms with Gasteiger partial charge in [-0.05, 0) is 61.1 Å². The highest BCUT2D eigenvalue weighted by molar-refractivity contribution is 5.80. The Balaban J connectivity index is 1.45. The number of nitrogens with zero attached hydrogens (tertiary/aromatic N) is 2. The van der Waals surface area contributed by atoms with Crippen LogP contribution in [0.2, 0.25) is 0 Å². The molecule has 1 aromatic heterocycles. The Morgan fingerprint density at radius 3 is 2.67 bits per heavy atom. The van der Waals surface area contributed by atoms with E-state index in [9.17, 15) is 18.0 Å². The third kappa shape index (κ3) is 5.49. The zero-order chi connectivity index (χ0) is 23.4. The maximum atomic E-state index is 13.7. The van der Waals surface area contributed by atoms with Crippen molar-refractivity contribution >= 4 is 16.9 Å². The Labute approximate surface area is 190 Å². The average molecular weight is 460 g/mol. The number of alkyl halides is 3. The van der Waals surface area contributed by atoms with E-state index in [1.165, 1.54) is 6.07 Å². The fourth-order valence-corrected chi connectivity index (χ4v) is 4.46. The standard InChI is InChI=1S/C25H27F3N2O3/c1-2-32-24(31)11-12-30-23-10-8-20(14-19(23)15-29-30)33-16-17-7-9-21(18-5-3-4-6-18)22(13-17)25(26,27)28/h7-10,13-15,18H,2-6,11-12,16H2,1H3. The second-order valence-electron chi connectivity index (χ2n) is 8.33. The number of ether oxygens (including phenoxy) is 2. The number of benzene rings is 2. The summed E-state index contributed by atoms with van der Waals surface area (Å²) in [4.78, 5) is 11.6. The van der Waals surface area contributed by atoms with E-state index in [-0.39, 0.29) is 24.9 Å². The van der Waals surface area contributed by atoms with Crippen molar-refractivity contribution in [2.24, 2.45) is 0 Å². The van der Waals surface area contributed by atoms with Crippen molar-refractivity contribution in [3.8, 4) is 5.75 Å². The number of rotatable bonds is 8. The molecule has 0 radical (unpaired) electrons. The summed E-state index contributed by atoms with van der Waals surface area (Å²) in [5.41, 5.74) is 1.18. The summed E-state index contributed by atoms with van der Waals surface area (Å²) in [7, 11) is 0. The van der Waals surface area contributed by atoms with E-state index in [1.807, 2.05) is 6.07 Å². The molecule has 1 aliphatic carbocycles. The molecule has 0 atom stereocenters. The largest absolute Gasteiger partial charge is 0.489 e. The average Bonchev–Trinajstić information content (AvgIpc) is 3.46. The third-order valence-corrected chi connectivity index (χ3v) is 6.07. The SMILES string of the molecule is CCOC(=O)CCn1ncc2cc(OCc3ccc(C4CCCC4)c(C(F)(F)F)c3)ccc21. The molecule has 176 valence electrons. The Hall–Kier alpha value is -3.03. The summed E-state index contributed by atoms with van der Waals surface area (Å²) < 4.78 is 53.5. The van der Waals surface area contributed by atoms with Crippen LogP contribution in [-0.2, 0) is 28.9 Å². The topological polar surface area (TPSA) is 53.4 Å². The molecule has 0 saturated heterocycles. The number of hydrogen-bond donors (Lipinski definition) is 0. The lowest BCUT2D eigenvalue weighted by Gasteiger charge is -2.19. The number of fused-ring (bicyclic) bond motifs is 1. The van der Waals surface area contributed by atoms with Gasteiger partial charge in [0.15, 0.2) is 0 Å². The molecule has 0 unspecified atom stereocenters. The van der Waals surface area contributed by atoms with Gasteiger partial charge in [0.1, 0.15) is 12.4 Å². The van der Waals surface area contributed by atoms with Crippen molar-refractivity contribution < 1.29 is 27.4 Å². The highest BCUT2D eigenvalue weighted by atomic mass is 19.4. The lowest BCUT2D eigenvalue weighted by Crippen LogP contribution is -2.12. The fraction of sp³-hybridized carbons (Fsp3) is 0.440. The zero-order valence-electron chi connectivity index (χ0n) is 18.5. The molecule has 1 fully saturated rings. The highest BCUT2D eigenvalue weighted by Crippen LogP contribution is 2.42. The number of halogens is 3. The molecule has 1 heterocycles. The van der Waals surface area contributed by atoms with E-state index in [4.69, 9.17) is 9.47 Å². The molecule has 1 aliphatic rings. The van der Waals surface area contributed by atoms with E-state index in [2.05, 4.69) is 5.10 Å². The van der Waals surface area contributed by atoms with Gasteiger partial charge in [-0.1, -0.05) is 25.0 Å². The van der Waals surface area contributed by atoms with Crippen molar-refractivity contribution in [1.82, 2.24) is 9.78 Å². The van der Waals surface area contributed by atoms with E-state index in [0.717, 1.165) is 36.6 Å². The predicted octanol–water partition coefficient (Wildman–Crippen LogP) is 6.24. The van der Waals surface area contributed by atoms with Crippen molar-refractivity contribution in [3.05, 3.63) is 59.3 Å². The number of carbonyl (C=O) groups is 1. The van der Waals surface area contributed by atoms with Crippen molar-refractivity contribution in [3.63, 3.8) is 0 Å². The molecule has 2 aromatic carbocycles. The normalized spacial score (nSPS) is 14.7. The first-order valence-corrected chi connectivity index (χ1v) is 11.3. The van der Waals surface area contributed by atoms with Crippen LogP contribution in [0, 0.1) is 0 Å². The van der Waals surface area contributed by atoms with Gasteiger partial charge in [-0.2, -0.15) is 18.3 Å². The van der Waals surface area contributed by atoms with Gasteiger partial charge in [0.2, 0.25) is 0 Å².